The average Bonchev–Trinajstić information content (AvgIpc) is 3.65. The molecule has 204 valence electrons. The number of rotatable bonds is 2. The van der Waals surface area contributed by atoms with Crippen molar-refractivity contribution >= 4 is 64.6 Å². The number of nitriles is 1. The smallest absolute Gasteiger partial charge is 0.0773 e. The van der Waals surface area contributed by atoms with Crippen molar-refractivity contribution in [1.82, 2.24) is 4.57 Å². The summed E-state index contributed by atoms with van der Waals surface area (Å²) in [5, 5.41) is 15.5. The molecule has 2 aromatic heterocycles. The number of hydrogen-bond acceptors (Lipinski definition) is 2. The van der Waals surface area contributed by atoms with Crippen molar-refractivity contribution in [2.24, 2.45) is 5.92 Å². The molecule has 1 unspecified atom stereocenters. The Morgan fingerprint density at radius 1 is 0.721 bits per heavy atom. The van der Waals surface area contributed by atoms with E-state index in [-0.39, 0.29) is 11.3 Å². The molecule has 0 N–H and O–H groups in total. The topological polar surface area (TPSA) is 28.7 Å². The van der Waals surface area contributed by atoms with Gasteiger partial charge in [0.15, 0.2) is 0 Å². The van der Waals surface area contributed by atoms with Gasteiger partial charge in [0.1, 0.15) is 0 Å². The number of thiophene rings is 1. The van der Waals surface area contributed by atoms with Gasteiger partial charge < -0.3 is 4.57 Å². The maximum absolute atomic E-state index is 10.4. The molecule has 0 saturated heterocycles. The number of benzene rings is 5. The van der Waals surface area contributed by atoms with Crippen LogP contribution < -0.4 is 0 Å². The molecule has 3 heteroatoms. The van der Waals surface area contributed by atoms with Crippen molar-refractivity contribution in [1.29, 1.82) is 5.26 Å². The first kappa shape index (κ1) is 24.7. The first-order chi connectivity index (χ1) is 21.0. The lowest BCUT2D eigenvalue weighted by atomic mass is 9.82. The van der Waals surface area contributed by atoms with Crippen LogP contribution in [0.3, 0.4) is 0 Å². The van der Waals surface area contributed by atoms with Crippen LogP contribution in [0.4, 0.5) is 0 Å². The Labute approximate surface area is 254 Å². The van der Waals surface area contributed by atoms with Crippen LogP contribution in [0.2, 0.25) is 0 Å². The summed E-state index contributed by atoms with van der Waals surface area (Å²) in [7, 11) is 0. The Balaban J connectivity index is 1.29. The largest absolute Gasteiger partial charge is 0.309 e. The second-order valence-corrected chi connectivity index (χ2v) is 13.4. The lowest BCUT2D eigenvalue weighted by Gasteiger charge is -2.23. The van der Waals surface area contributed by atoms with Gasteiger partial charge in [0, 0.05) is 41.9 Å². The molecule has 0 amide bonds. The summed E-state index contributed by atoms with van der Waals surface area (Å²) in [6.07, 6.45) is 5.11. The van der Waals surface area contributed by atoms with E-state index in [4.69, 9.17) is 0 Å². The number of nitrogens with zero attached hydrogens (tertiary/aromatic N) is 2. The Morgan fingerprint density at radius 2 is 1.42 bits per heavy atom. The highest BCUT2D eigenvalue weighted by molar-refractivity contribution is 7.25. The van der Waals surface area contributed by atoms with E-state index >= 15 is 0 Å². The number of allylic oxidation sites excluding steroid dienone is 4. The normalized spacial score (nSPS) is 17.2. The zero-order chi connectivity index (χ0) is 28.9. The minimum Gasteiger partial charge on any atom is -0.309 e. The Kier molecular flexibility index (Phi) is 5.05. The maximum atomic E-state index is 10.4. The molecule has 0 aliphatic heterocycles. The summed E-state index contributed by atoms with van der Waals surface area (Å²) in [5.74, 6) is -0.215. The maximum Gasteiger partial charge on any atom is 0.0773 e. The van der Waals surface area contributed by atoms with Gasteiger partial charge in [-0.05, 0) is 70.6 Å². The molecule has 7 aromatic rings. The quantitative estimate of drug-likeness (QED) is 0.204. The molecule has 2 nitrogen and oxygen atoms in total. The molecule has 43 heavy (non-hydrogen) atoms. The van der Waals surface area contributed by atoms with Gasteiger partial charge in [-0.3, -0.25) is 0 Å². The minimum atomic E-state index is -0.215. The minimum absolute atomic E-state index is 0.0159. The predicted octanol–water partition coefficient (Wildman–Crippen LogP) is 10.9. The Hall–Kier alpha value is -4.91. The zero-order valence-electron chi connectivity index (χ0n) is 24.1. The molecule has 0 bridgehead atoms. The van der Waals surface area contributed by atoms with Crippen LogP contribution in [-0.4, -0.2) is 4.57 Å². The van der Waals surface area contributed by atoms with Gasteiger partial charge in [-0.1, -0.05) is 92.7 Å². The monoisotopic (exact) mass is 568 g/mol. The SMILES string of the molecule is CC1(C)c2ccccc2-c2cc3c(cc21)sc1cc(C2=C(n4c5ccccc5c5ccccc54)C=CCC2C#N)ccc13. The average molecular weight is 569 g/mol. The number of aromatic nitrogens is 1. The van der Waals surface area contributed by atoms with Gasteiger partial charge in [-0.25, -0.2) is 0 Å². The number of fused-ring (bicyclic) bond motifs is 9. The zero-order valence-corrected chi connectivity index (χ0v) is 24.9. The van der Waals surface area contributed by atoms with Crippen molar-refractivity contribution in [2.75, 3.05) is 0 Å². The standard InChI is InChI=1S/C40H28N2S/c1-40(2)32-14-6-3-11-26(32)30-21-31-29-19-18-24(20-37(29)43-38(31)22-33(30)40)39-25(23-41)10-9-17-36(39)42-34-15-7-4-12-27(34)28-13-5-8-16-35(28)42/h3-9,11-22,25H,10H2,1-2H3. The van der Waals surface area contributed by atoms with Gasteiger partial charge in [-0.15, -0.1) is 11.3 Å². The van der Waals surface area contributed by atoms with E-state index < -0.39 is 0 Å². The summed E-state index contributed by atoms with van der Waals surface area (Å²) < 4.78 is 4.95. The van der Waals surface area contributed by atoms with E-state index in [1.807, 2.05) is 11.3 Å². The number of para-hydroxylation sites is 2. The molecule has 0 radical (unpaired) electrons. The summed E-state index contributed by atoms with van der Waals surface area (Å²) in [6, 6.07) is 40.4. The van der Waals surface area contributed by atoms with E-state index in [0.717, 1.165) is 23.3 Å². The fraction of sp³-hybridized carbons (Fsp3) is 0.125. The van der Waals surface area contributed by atoms with Crippen LogP contribution >= 0.6 is 11.3 Å². The van der Waals surface area contributed by atoms with Crippen molar-refractivity contribution in [2.45, 2.75) is 25.7 Å². The molecular formula is C40H28N2S. The van der Waals surface area contributed by atoms with Crippen LogP contribution in [0.5, 0.6) is 0 Å². The fourth-order valence-electron chi connectivity index (χ4n) is 7.68. The van der Waals surface area contributed by atoms with E-state index in [0.29, 0.717) is 0 Å². The third kappa shape index (κ3) is 3.33. The van der Waals surface area contributed by atoms with Crippen molar-refractivity contribution < 1.29 is 0 Å². The Morgan fingerprint density at radius 3 is 2.19 bits per heavy atom. The second kappa shape index (κ2) is 8.80. The first-order valence-corrected chi connectivity index (χ1v) is 15.8. The third-order valence-electron chi connectivity index (χ3n) is 9.74. The third-order valence-corrected chi connectivity index (χ3v) is 10.9. The predicted molar refractivity (Wildman–Crippen MR) is 182 cm³/mol. The molecule has 0 spiro atoms. The molecular weight excluding hydrogens is 541 g/mol. The van der Waals surface area contributed by atoms with E-state index in [9.17, 15) is 5.26 Å². The van der Waals surface area contributed by atoms with Gasteiger partial charge in [0.2, 0.25) is 0 Å². The number of hydrogen-bond donors (Lipinski definition) is 0. The van der Waals surface area contributed by atoms with Crippen molar-refractivity contribution in [3.8, 4) is 17.2 Å². The van der Waals surface area contributed by atoms with E-state index in [1.54, 1.807) is 0 Å². The highest BCUT2D eigenvalue weighted by Gasteiger charge is 2.35. The van der Waals surface area contributed by atoms with E-state index in [1.165, 1.54) is 64.2 Å². The van der Waals surface area contributed by atoms with Crippen molar-refractivity contribution in [3.63, 3.8) is 0 Å². The molecule has 5 aromatic carbocycles. The second-order valence-electron chi connectivity index (χ2n) is 12.4. The molecule has 9 rings (SSSR count). The summed E-state index contributed by atoms with van der Waals surface area (Å²) in [4.78, 5) is 0. The molecule has 1 atom stereocenters. The molecule has 2 heterocycles. The van der Waals surface area contributed by atoms with Gasteiger partial charge in [-0.2, -0.15) is 5.26 Å². The summed E-state index contributed by atoms with van der Waals surface area (Å²) >= 11 is 1.87. The fourth-order valence-corrected chi connectivity index (χ4v) is 8.85. The first-order valence-electron chi connectivity index (χ1n) is 14.9. The van der Waals surface area contributed by atoms with Gasteiger partial charge >= 0.3 is 0 Å². The van der Waals surface area contributed by atoms with Gasteiger partial charge in [0.25, 0.3) is 0 Å². The molecule has 2 aliphatic rings. The van der Waals surface area contributed by atoms with Crippen LogP contribution in [0.25, 0.3) is 64.4 Å². The summed E-state index contributed by atoms with van der Waals surface area (Å²) in [5.41, 5.74) is 11.2. The summed E-state index contributed by atoms with van der Waals surface area (Å²) in [6.45, 7) is 4.69. The van der Waals surface area contributed by atoms with Crippen LogP contribution in [-0.2, 0) is 5.41 Å². The highest BCUT2D eigenvalue weighted by atomic mass is 32.1. The molecule has 0 saturated carbocycles. The molecule has 0 fully saturated rings. The molecule has 2 aliphatic carbocycles. The lowest BCUT2D eigenvalue weighted by molar-refractivity contribution is 0.661. The Bertz CT molecular complexity index is 2370. The van der Waals surface area contributed by atoms with Gasteiger partial charge in [0.05, 0.1) is 28.7 Å². The van der Waals surface area contributed by atoms with Crippen LogP contribution in [0, 0.1) is 17.2 Å². The highest BCUT2D eigenvalue weighted by Crippen LogP contribution is 2.52. The van der Waals surface area contributed by atoms with Crippen LogP contribution in [0.15, 0.2) is 115 Å². The van der Waals surface area contributed by atoms with Crippen LogP contribution in [0.1, 0.15) is 37.0 Å². The lowest BCUT2D eigenvalue weighted by Crippen LogP contribution is -2.14. The van der Waals surface area contributed by atoms with Crippen molar-refractivity contribution in [3.05, 3.63) is 132 Å². The van der Waals surface area contributed by atoms with E-state index in [2.05, 4.69) is 140 Å².